The third-order valence-electron chi connectivity index (χ3n) is 3.06. The molecule has 98 valence electrons. The van der Waals surface area contributed by atoms with Gasteiger partial charge in [-0.15, -0.1) is 0 Å². The fourth-order valence-corrected chi connectivity index (χ4v) is 2.21. The molecule has 1 aromatic heterocycles. The van der Waals surface area contributed by atoms with Crippen molar-refractivity contribution in [2.45, 2.75) is 0 Å². The minimum atomic E-state index is -0.303. The fourth-order valence-electron chi connectivity index (χ4n) is 2.04. The summed E-state index contributed by atoms with van der Waals surface area (Å²) in [6, 6.07) is 13.7. The topological polar surface area (TPSA) is 50.2 Å². The Morgan fingerprint density at radius 1 is 1.10 bits per heavy atom. The molecule has 0 fully saturated rings. The van der Waals surface area contributed by atoms with Crippen LogP contribution in [0.3, 0.4) is 0 Å². The average molecular weight is 284 g/mol. The number of phenolic OH excluding ortho intramolecular Hbond substituents is 1. The lowest BCUT2D eigenvalue weighted by Gasteiger charge is -2.05. The lowest BCUT2D eigenvalue weighted by atomic mass is 10.0. The molecule has 0 spiro atoms. The van der Waals surface area contributed by atoms with Gasteiger partial charge in [0.05, 0.1) is 11.1 Å². The molecule has 0 aliphatic heterocycles. The Morgan fingerprint density at radius 3 is 2.75 bits per heavy atom. The summed E-state index contributed by atoms with van der Waals surface area (Å²) in [5.41, 5.74) is 1.41. The number of aromatic hydroxyl groups is 1. The molecule has 1 N–H and O–H groups in total. The van der Waals surface area contributed by atoms with E-state index >= 15 is 0 Å². The second kappa shape index (κ2) is 4.94. The molecular formula is C16H10ClNO2. The van der Waals surface area contributed by atoms with E-state index in [1.54, 1.807) is 6.07 Å². The zero-order valence-electron chi connectivity index (χ0n) is 10.4. The molecule has 0 saturated carbocycles. The number of benzene rings is 2. The van der Waals surface area contributed by atoms with Crippen molar-refractivity contribution in [3.63, 3.8) is 0 Å². The minimum Gasteiger partial charge on any atom is -0.507 e. The molecule has 20 heavy (non-hydrogen) atoms. The van der Waals surface area contributed by atoms with Gasteiger partial charge in [-0.3, -0.25) is 9.78 Å². The second-order valence-corrected chi connectivity index (χ2v) is 4.84. The molecule has 0 unspecified atom stereocenters. The number of aromatic nitrogens is 1. The van der Waals surface area contributed by atoms with Crippen LogP contribution in [-0.4, -0.2) is 15.9 Å². The minimum absolute atomic E-state index is 0.0902. The Bertz CT molecular complexity index is 814. The quantitative estimate of drug-likeness (QED) is 0.727. The van der Waals surface area contributed by atoms with Gasteiger partial charge >= 0.3 is 0 Å². The zero-order chi connectivity index (χ0) is 14.1. The molecular weight excluding hydrogens is 274 g/mol. The fraction of sp³-hybridized carbons (Fsp3) is 0. The third kappa shape index (κ3) is 2.24. The highest BCUT2D eigenvalue weighted by atomic mass is 35.5. The number of hydrogen-bond acceptors (Lipinski definition) is 3. The van der Waals surface area contributed by atoms with Gasteiger partial charge < -0.3 is 5.11 Å². The predicted molar refractivity (Wildman–Crippen MR) is 78.3 cm³/mol. The van der Waals surface area contributed by atoms with Crippen LogP contribution in [-0.2, 0) is 0 Å². The van der Waals surface area contributed by atoms with E-state index in [1.807, 2.05) is 24.3 Å². The molecule has 0 aliphatic rings. The second-order valence-electron chi connectivity index (χ2n) is 4.41. The van der Waals surface area contributed by atoms with E-state index in [0.717, 1.165) is 10.9 Å². The van der Waals surface area contributed by atoms with E-state index in [2.05, 4.69) is 4.98 Å². The van der Waals surface area contributed by atoms with E-state index in [0.29, 0.717) is 10.6 Å². The van der Waals surface area contributed by atoms with Crippen LogP contribution < -0.4 is 0 Å². The van der Waals surface area contributed by atoms with Gasteiger partial charge in [0.15, 0.2) is 5.78 Å². The lowest BCUT2D eigenvalue weighted by Crippen LogP contribution is -2.02. The molecule has 4 heteroatoms. The predicted octanol–water partition coefficient (Wildman–Crippen LogP) is 3.82. The number of fused-ring (bicyclic) bond motifs is 1. The van der Waals surface area contributed by atoms with Crippen LogP contribution >= 0.6 is 11.6 Å². The van der Waals surface area contributed by atoms with Crippen LogP contribution in [0.1, 0.15) is 15.9 Å². The summed E-state index contributed by atoms with van der Waals surface area (Å²) in [6.07, 6.45) is 1.50. The Balaban J connectivity index is 2.10. The van der Waals surface area contributed by atoms with Crippen LogP contribution in [0.25, 0.3) is 10.9 Å². The maximum atomic E-state index is 12.4. The van der Waals surface area contributed by atoms with Gasteiger partial charge in [-0.2, -0.15) is 0 Å². The summed E-state index contributed by atoms with van der Waals surface area (Å²) >= 11 is 5.86. The maximum absolute atomic E-state index is 12.4. The monoisotopic (exact) mass is 283 g/mol. The SMILES string of the molecule is O=C(c1cnc2ccccc2c1)c1cc(Cl)ccc1O. The van der Waals surface area contributed by atoms with Crippen molar-refractivity contribution in [3.05, 3.63) is 70.9 Å². The lowest BCUT2D eigenvalue weighted by molar-refractivity contribution is 0.103. The highest BCUT2D eigenvalue weighted by Gasteiger charge is 2.15. The van der Waals surface area contributed by atoms with E-state index in [-0.39, 0.29) is 17.1 Å². The number of carbonyl (C=O) groups is 1. The first kappa shape index (κ1) is 12.6. The smallest absolute Gasteiger partial charge is 0.198 e. The highest BCUT2D eigenvalue weighted by molar-refractivity contribution is 6.31. The normalized spacial score (nSPS) is 10.7. The first-order chi connectivity index (χ1) is 9.65. The summed E-state index contributed by atoms with van der Waals surface area (Å²) in [7, 11) is 0. The first-order valence-corrected chi connectivity index (χ1v) is 6.41. The molecule has 0 aliphatic carbocycles. The van der Waals surface area contributed by atoms with Crippen molar-refractivity contribution >= 4 is 28.3 Å². The summed E-state index contributed by atoms with van der Waals surface area (Å²) in [5.74, 6) is -0.393. The number of carbonyl (C=O) groups excluding carboxylic acids is 1. The number of para-hydroxylation sites is 1. The Kier molecular flexibility index (Phi) is 3.12. The summed E-state index contributed by atoms with van der Waals surface area (Å²) in [4.78, 5) is 16.6. The largest absolute Gasteiger partial charge is 0.507 e. The Labute approximate surface area is 120 Å². The van der Waals surface area contributed by atoms with Gasteiger partial charge in [0.2, 0.25) is 0 Å². The molecule has 0 saturated heterocycles. The van der Waals surface area contributed by atoms with Crippen LogP contribution in [0.5, 0.6) is 5.75 Å². The number of pyridine rings is 1. The van der Waals surface area contributed by atoms with Gasteiger partial charge in [0.25, 0.3) is 0 Å². The van der Waals surface area contributed by atoms with Crippen molar-refractivity contribution in [2.24, 2.45) is 0 Å². The molecule has 0 radical (unpaired) electrons. The van der Waals surface area contributed by atoms with Gasteiger partial charge in [-0.25, -0.2) is 0 Å². The Hall–Kier alpha value is -2.39. The van der Waals surface area contributed by atoms with Crippen LogP contribution in [0.15, 0.2) is 54.7 Å². The molecule has 0 bridgehead atoms. The molecule has 3 nitrogen and oxygen atoms in total. The number of ketones is 1. The van der Waals surface area contributed by atoms with Crippen molar-refractivity contribution < 1.29 is 9.90 Å². The van der Waals surface area contributed by atoms with E-state index < -0.39 is 0 Å². The standard InChI is InChI=1S/C16H10ClNO2/c17-12-5-6-15(19)13(8-12)16(20)11-7-10-3-1-2-4-14(10)18-9-11/h1-9,19H. The van der Waals surface area contributed by atoms with E-state index in [4.69, 9.17) is 11.6 Å². The molecule has 0 amide bonds. The maximum Gasteiger partial charge on any atom is 0.198 e. The van der Waals surface area contributed by atoms with Crippen LogP contribution in [0.4, 0.5) is 0 Å². The highest BCUT2D eigenvalue weighted by Crippen LogP contribution is 2.25. The Morgan fingerprint density at radius 2 is 1.90 bits per heavy atom. The van der Waals surface area contributed by atoms with Crippen LogP contribution in [0, 0.1) is 0 Å². The third-order valence-corrected chi connectivity index (χ3v) is 3.29. The number of nitrogens with zero attached hydrogens (tertiary/aromatic N) is 1. The zero-order valence-corrected chi connectivity index (χ0v) is 11.1. The molecule has 0 atom stereocenters. The van der Waals surface area contributed by atoms with Crippen LogP contribution in [0.2, 0.25) is 5.02 Å². The van der Waals surface area contributed by atoms with Crippen molar-refractivity contribution in [2.75, 3.05) is 0 Å². The molecule has 1 heterocycles. The molecule has 3 rings (SSSR count). The van der Waals surface area contributed by atoms with Crippen molar-refractivity contribution in [1.29, 1.82) is 0 Å². The van der Waals surface area contributed by atoms with Gasteiger partial charge in [-0.05, 0) is 30.3 Å². The molecule has 3 aromatic rings. The van der Waals surface area contributed by atoms with Gasteiger partial charge in [0.1, 0.15) is 5.75 Å². The summed E-state index contributed by atoms with van der Waals surface area (Å²) in [6.45, 7) is 0. The van der Waals surface area contributed by atoms with Crippen molar-refractivity contribution in [1.82, 2.24) is 4.98 Å². The first-order valence-electron chi connectivity index (χ1n) is 6.03. The van der Waals surface area contributed by atoms with E-state index in [9.17, 15) is 9.90 Å². The number of phenols is 1. The summed E-state index contributed by atoms with van der Waals surface area (Å²) in [5, 5.41) is 11.1. The average Bonchev–Trinajstić information content (AvgIpc) is 2.48. The number of hydrogen-bond donors (Lipinski definition) is 1. The number of halogens is 1. The van der Waals surface area contributed by atoms with Gasteiger partial charge in [-0.1, -0.05) is 29.8 Å². The van der Waals surface area contributed by atoms with E-state index in [1.165, 1.54) is 24.4 Å². The molecule has 2 aromatic carbocycles. The van der Waals surface area contributed by atoms with Crippen molar-refractivity contribution in [3.8, 4) is 5.75 Å². The summed E-state index contributed by atoms with van der Waals surface area (Å²) < 4.78 is 0. The number of rotatable bonds is 2. The van der Waals surface area contributed by atoms with Gasteiger partial charge in [0, 0.05) is 22.2 Å².